The number of carbonyl (C=O) groups is 1. The van der Waals surface area contributed by atoms with Crippen molar-refractivity contribution in [3.63, 3.8) is 0 Å². The molecule has 1 saturated heterocycles. The zero-order valence-corrected chi connectivity index (χ0v) is 12.9. The monoisotopic (exact) mass is 341 g/mol. The zero-order chi connectivity index (χ0) is 16.4. The molecule has 0 aliphatic carbocycles. The lowest BCUT2D eigenvalue weighted by Crippen LogP contribution is -2.23. The van der Waals surface area contributed by atoms with Gasteiger partial charge in [-0.3, -0.25) is 4.79 Å². The van der Waals surface area contributed by atoms with Crippen LogP contribution in [0.1, 0.15) is 39.1 Å². The first kappa shape index (κ1) is 16.0. The Balaban J connectivity index is 1.67. The van der Waals surface area contributed by atoms with Crippen LogP contribution in [0.3, 0.4) is 0 Å². The first-order chi connectivity index (χ1) is 11.1. The van der Waals surface area contributed by atoms with E-state index in [1.54, 1.807) is 6.07 Å². The maximum Gasteiger partial charge on any atom is 0.261 e. The van der Waals surface area contributed by atoms with Crippen LogP contribution >= 0.6 is 11.3 Å². The summed E-state index contributed by atoms with van der Waals surface area (Å²) in [5, 5.41) is 2.41. The van der Waals surface area contributed by atoms with Crippen LogP contribution in [0.4, 0.5) is 13.2 Å². The Morgan fingerprint density at radius 1 is 1.22 bits per heavy atom. The topological polar surface area (TPSA) is 38.3 Å². The molecule has 7 heteroatoms. The number of nitrogens with one attached hydrogen (secondary N) is 1. The van der Waals surface area contributed by atoms with E-state index in [9.17, 15) is 18.0 Å². The van der Waals surface area contributed by atoms with Gasteiger partial charge in [0.05, 0.1) is 11.0 Å². The van der Waals surface area contributed by atoms with Gasteiger partial charge in [-0.1, -0.05) is 0 Å². The largest absolute Gasteiger partial charge is 0.373 e. The Morgan fingerprint density at radius 2 is 2.00 bits per heavy atom. The molecule has 1 aromatic carbocycles. The molecule has 1 aromatic heterocycles. The molecule has 2 heterocycles. The summed E-state index contributed by atoms with van der Waals surface area (Å²) < 4.78 is 45.7. The molecule has 1 fully saturated rings. The van der Waals surface area contributed by atoms with Gasteiger partial charge in [0.15, 0.2) is 11.6 Å². The van der Waals surface area contributed by atoms with Crippen LogP contribution in [0.15, 0.2) is 24.3 Å². The third kappa shape index (κ3) is 3.40. The van der Waals surface area contributed by atoms with Crippen LogP contribution < -0.4 is 5.32 Å². The second kappa shape index (κ2) is 6.72. The first-order valence-corrected chi connectivity index (χ1v) is 8.00. The van der Waals surface area contributed by atoms with Gasteiger partial charge in [-0.2, -0.15) is 0 Å². The maximum absolute atomic E-state index is 13.5. The molecule has 1 amide bonds. The second-order valence-electron chi connectivity index (χ2n) is 5.21. The minimum atomic E-state index is -1.28. The number of thiophene rings is 1. The van der Waals surface area contributed by atoms with Gasteiger partial charge in [0.1, 0.15) is 5.82 Å². The van der Waals surface area contributed by atoms with Gasteiger partial charge in [0, 0.05) is 23.6 Å². The van der Waals surface area contributed by atoms with Crippen molar-refractivity contribution in [2.75, 3.05) is 6.61 Å². The molecule has 1 atom stereocenters. The summed E-state index contributed by atoms with van der Waals surface area (Å²) in [7, 11) is 0. The van der Waals surface area contributed by atoms with E-state index in [4.69, 9.17) is 4.74 Å². The highest BCUT2D eigenvalue weighted by atomic mass is 32.1. The summed E-state index contributed by atoms with van der Waals surface area (Å²) in [6.07, 6.45) is 1.92. The fourth-order valence-corrected chi connectivity index (χ4v) is 3.45. The van der Waals surface area contributed by atoms with Crippen LogP contribution in [0, 0.1) is 17.5 Å². The van der Waals surface area contributed by atoms with Crippen molar-refractivity contribution < 1.29 is 22.7 Å². The van der Waals surface area contributed by atoms with Crippen molar-refractivity contribution in [1.29, 1.82) is 0 Å². The molecule has 1 N–H and O–H groups in total. The second-order valence-corrected chi connectivity index (χ2v) is 6.32. The van der Waals surface area contributed by atoms with E-state index < -0.39 is 35.5 Å². The van der Waals surface area contributed by atoms with Crippen molar-refractivity contribution in [2.45, 2.75) is 25.5 Å². The molecule has 2 aromatic rings. The number of hydrogen-bond donors (Lipinski definition) is 1. The predicted octanol–water partition coefficient (Wildman–Crippen LogP) is 3.95. The van der Waals surface area contributed by atoms with Gasteiger partial charge in [-0.25, -0.2) is 13.2 Å². The van der Waals surface area contributed by atoms with Crippen molar-refractivity contribution in [3.8, 4) is 0 Å². The third-order valence-corrected chi connectivity index (χ3v) is 4.84. The molecule has 1 aliphatic heterocycles. The van der Waals surface area contributed by atoms with E-state index in [0.29, 0.717) is 17.6 Å². The van der Waals surface area contributed by atoms with Crippen molar-refractivity contribution in [2.24, 2.45) is 0 Å². The lowest BCUT2D eigenvalue weighted by atomic mass is 10.2. The number of rotatable bonds is 4. The average Bonchev–Trinajstić information content (AvgIpc) is 3.21. The van der Waals surface area contributed by atoms with Gasteiger partial charge >= 0.3 is 0 Å². The first-order valence-electron chi connectivity index (χ1n) is 7.18. The number of carbonyl (C=O) groups excluding carboxylic acids is 1. The smallest absolute Gasteiger partial charge is 0.261 e. The standard InChI is InChI=1S/C16H14F3NO2S/c17-10-3-4-11(18)15(19)9(10)8-20-16(21)14-6-5-13(23-14)12-2-1-7-22-12/h3-6,12H,1-2,7-8H2,(H,20,21). The minimum Gasteiger partial charge on any atom is -0.373 e. The van der Waals surface area contributed by atoms with E-state index >= 15 is 0 Å². The fraction of sp³-hybridized carbons (Fsp3) is 0.312. The van der Waals surface area contributed by atoms with Gasteiger partial charge < -0.3 is 10.1 Å². The van der Waals surface area contributed by atoms with Crippen LogP contribution in [0.2, 0.25) is 0 Å². The van der Waals surface area contributed by atoms with Crippen LogP contribution in [-0.2, 0) is 11.3 Å². The Labute approximate surface area is 135 Å². The zero-order valence-electron chi connectivity index (χ0n) is 12.1. The summed E-state index contributed by atoms with van der Waals surface area (Å²) in [6, 6.07) is 5.01. The molecule has 3 nitrogen and oxygen atoms in total. The molecular weight excluding hydrogens is 327 g/mol. The van der Waals surface area contributed by atoms with Crippen molar-refractivity contribution in [3.05, 3.63) is 57.0 Å². The number of ether oxygens (including phenoxy) is 1. The number of halogens is 3. The molecule has 0 bridgehead atoms. The van der Waals surface area contributed by atoms with Gasteiger partial charge in [0.2, 0.25) is 0 Å². The minimum absolute atomic E-state index is 0.0136. The quantitative estimate of drug-likeness (QED) is 0.855. The van der Waals surface area contributed by atoms with Crippen molar-refractivity contribution in [1.82, 2.24) is 5.32 Å². The van der Waals surface area contributed by atoms with Crippen LogP contribution in [0.5, 0.6) is 0 Å². The van der Waals surface area contributed by atoms with E-state index in [1.165, 1.54) is 11.3 Å². The summed E-state index contributed by atoms with van der Waals surface area (Å²) in [5.41, 5.74) is -0.491. The molecule has 122 valence electrons. The SMILES string of the molecule is O=C(NCc1c(F)ccc(F)c1F)c1ccc(C2CCCO2)s1. The summed E-state index contributed by atoms with van der Waals surface area (Å²) in [4.78, 5) is 13.5. The highest BCUT2D eigenvalue weighted by Gasteiger charge is 2.21. The van der Waals surface area contributed by atoms with E-state index in [0.717, 1.165) is 23.8 Å². The molecule has 1 aliphatic rings. The molecule has 0 radical (unpaired) electrons. The van der Waals surface area contributed by atoms with Gasteiger partial charge in [-0.15, -0.1) is 11.3 Å². The summed E-state index contributed by atoms with van der Waals surface area (Å²) >= 11 is 1.29. The van der Waals surface area contributed by atoms with E-state index in [2.05, 4.69) is 5.32 Å². The lowest BCUT2D eigenvalue weighted by molar-refractivity contribution is 0.0954. The normalized spacial score (nSPS) is 17.4. The molecule has 3 rings (SSSR count). The maximum atomic E-state index is 13.5. The summed E-state index contributed by atoms with van der Waals surface area (Å²) in [5.74, 6) is -3.78. The average molecular weight is 341 g/mol. The predicted molar refractivity (Wildman–Crippen MR) is 79.7 cm³/mol. The molecule has 23 heavy (non-hydrogen) atoms. The van der Waals surface area contributed by atoms with E-state index in [-0.39, 0.29) is 6.10 Å². The summed E-state index contributed by atoms with van der Waals surface area (Å²) in [6.45, 7) is 0.295. The van der Waals surface area contributed by atoms with E-state index in [1.807, 2.05) is 6.07 Å². The third-order valence-electron chi connectivity index (χ3n) is 3.66. The number of hydrogen-bond acceptors (Lipinski definition) is 3. The van der Waals surface area contributed by atoms with Crippen molar-refractivity contribution >= 4 is 17.2 Å². The highest BCUT2D eigenvalue weighted by molar-refractivity contribution is 7.14. The fourth-order valence-electron chi connectivity index (χ4n) is 2.44. The molecule has 0 saturated carbocycles. The molecular formula is C16H14F3NO2S. The highest BCUT2D eigenvalue weighted by Crippen LogP contribution is 2.33. The Morgan fingerprint density at radius 3 is 2.74 bits per heavy atom. The number of benzene rings is 1. The number of amides is 1. The molecule has 1 unspecified atom stereocenters. The Kier molecular flexibility index (Phi) is 4.68. The van der Waals surface area contributed by atoms with Crippen LogP contribution in [0.25, 0.3) is 0 Å². The van der Waals surface area contributed by atoms with Gasteiger partial charge in [0.25, 0.3) is 5.91 Å². The van der Waals surface area contributed by atoms with Crippen LogP contribution in [-0.4, -0.2) is 12.5 Å². The van der Waals surface area contributed by atoms with Gasteiger partial charge in [-0.05, 0) is 37.1 Å². The molecule has 0 spiro atoms. The lowest BCUT2D eigenvalue weighted by Gasteiger charge is -2.07. The Bertz CT molecular complexity index is 726. The Hall–Kier alpha value is -1.86.